The molecular formula is C39H45N3O5. The molecule has 4 aromatic carbocycles. The largest absolute Gasteiger partial charge is 0.492 e. The second-order valence-electron chi connectivity index (χ2n) is 12.6. The number of piperazine rings is 1. The first-order chi connectivity index (χ1) is 22.7. The van der Waals surface area contributed by atoms with E-state index in [1.165, 1.54) is 0 Å². The third-order valence-corrected chi connectivity index (χ3v) is 8.01. The Morgan fingerprint density at radius 2 is 1.43 bits per heavy atom. The lowest BCUT2D eigenvalue weighted by atomic mass is 10.0. The molecule has 4 aromatic rings. The second kappa shape index (κ2) is 15.8. The van der Waals surface area contributed by atoms with Gasteiger partial charge in [-0.05, 0) is 74.3 Å². The lowest BCUT2D eigenvalue weighted by Crippen LogP contribution is -2.47. The average molecular weight is 636 g/mol. The number of hydrogen-bond acceptors (Lipinski definition) is 7. The van der Waals surface area contributed by atoms with Crippen LogP contribution >= 0.6 is 0 Å². The number of benzene rings is 4. The van der Waals surface area contributed by atoms with E-state index in [0.29, 0.717) is 29.4 Å². The van der Waals surface area contributed by atoms with E-state index in [1.807, 2.05) is 93.6 Å². The molecule has 246 valence electrons. The van der Waals surface area contributed by atoms with E-state index in [2.05, 4.69) is 22.0 Å². The van der Waals surface area contributed by atoms with Crippen LogP contribution < -0.4 is 14.8 Å². The minimum Gasteiger partial charge on any atom is -0.492 e. The molecule has 1 fully saturated rings. The smallest absolute Gasteiger partial charge is 0.340 e. The minimum atomic E-state index is -0.704. The summed E-state index contributed by atoms with van der Waals surface area (Å²) >= 11 is 0. The fourth-order valence-corrected chi connectivity index (χ4v) is 5.42. The molecule has 1 heterocycles. The molecule has 1 aliphatic rings. The standard InChI is InChI=1S/C39H45N3O5/c1-5-41-20-22-42(23-21-41)24-25-45-32-17-19-36(46-28-29-12-8-6-9-13-29)34(27-32)37(43)40-35-26-31(30-14-10-7-11-15-30)16-18-33(35)38(44)47-39(2,3)4/h6-19,26-27H,5,20-25,28H2,1-4H3,(H,40,43). The molecule has 0 atom stereocenters. The van der Waals surface area contributed by atoms with E-state index >= 15 is 0 Å². The zero-order valence-electron chi connectivity index (χ0n) is 27.8. The van der Waals surface area contributed by atoms with Crippen molar-refractivity contribution in [2.75, 3.05) is 51.2 Å². The van der Waals surface area contributed by atoms with Crippen LogP contribution in [-0.4, -0.2) is 73.2 Å². The molecule has 1 N–H and O–H groups in total. The SMILES string of the molecule is CCN1CCN(CCOc2ccc(OCc3ccccc3)c(C(=O)Nc3cc(-c4ccccc4)ccc3C(=O)OC(C)(C)C)c2)CC1. The van der Waals surface area contributed by atoms with E-state index in [-0.39, 0.29) is 12.2 Å². The molecule has 1 aliphatic heterocycles. The van der Waals surface area contributed by atoms with E-state index < -0.39 is 17.5 Å². The number of hydrogen-bond donors (Lipinski definition) is 1. The maximum atomic E-state index is 14.1. The number of carbonyl (C=O) groups excluding carboxylic acids is 2. The number of rotatable bonds is 12. The maximum Gasteiger partial charge on any atom is 0.340 e. The molecular weight excluding hydrogens is 590 g/mol. The van der Waals surface area contributed by atoms with E-state index in [9.17, 15) is 9.59 Å². The lowest BCUT2D eigenvalue weighted by Gasteiger charge is -2.33. The van der Waals surface area contributed by atoms with Crippen molar-refractivity contribution in [3.8, 4) is 22.6 Å². The predicted molar refractivity (Wildman–Crippen MR) is 186 cm³/mol. The summed E-state index contributed by atoms with van der Waals surface area (Å²) in [6.45, 7) is 14.4. The number of esters is 1. The van der Waals surface area contributed by atoms with Gasteiger partial charge in [0, 0.05) is 32.7 Å². The highest BCUT2D eigenvalue weighted by Gasteiger charge is 2.24. The van der Waals surface area contributed by atoms with Crippen LogP contribution in [0.4, 0.5) is 5.69 Å². The van der Waals surface area contributed by atoms with Crippen LogP contribution in [0.3, 0.4) is 0 Å². The zero-order valence-corrected chi connectivity index (χ0v) is 27.8. The fraction of sp³-hybridized carbons (Fsp3) is 0.333. The number of anilines is 1. The summed E-state index contributed by atoms with van der Waals surface area (Å²) < 4.78 is 18.0. The van der Waals surface area contributed by atoms with Crippen LogP contribution in [0.5, 0.6) is 11.5 Å². The molecule has 5 rings (SSSR count). The zero-order chi connectivity index (χ0) is 33.2. The Balaban J connectivity index is 1.40. The van der Waals surface area contributed by atoms with Gasteiger partial charge >= 0.3 is 5.97 Å². The molecule has 0 spiro atoms. The maximum absolute atomic E-state index is 14.1. The van der Waals surface area contributed by atoms with Gasteiger partial charge in [-0.3, -0.25) is 9.69 Å². The van der Waals surface area contributed by atoms with Crippen molar-refractivity contribution in [3.63, 3.8) is 0 Å². The van der Waals surface area contributed by atoms with Crippen LogP contribution in [0.25, 0.3) is 11.1 Å². The number of likely N-dealkylation sites (N-methyl/N-ethyl adjacent to an activating group) is 1. The summed E-state index contributed by atoms with van der Waals surface area (Å²) in [5, 5.41) is 3.00. The monoisotopic (exact) mass is 635 g/mol. The molecule has 0 aromatic heterocycles. The third kappa shape index (κ3) is 9.67. The molecule has 0 unspecified atom stereocenters. The van der Waals surface area contributed by atoms with Gasteiger partial charge in [-0.2, -0.15) is 0 Å². The topological polar surface area (TPSA) is 80.3 Å². The van der Waals surface area contributed by atoms with Gasteiger partial charge < -0.3 is 24.4 Å². The number of ether oxygens (including phenoxy) is 3. The van der Waals surface area contributed by atoms with Crippen LogP contribution in [-0.2, 0) is 11.3 Å². The molecule has 0 radical (unpaired) electrons. The first kappa shape index (κ1) is 33.7. The van der Waals surface area contributed by atoms with E-state index in [0.717, 1.165) is 56.0 Å². The summed E-state index contributed by atoms with van der Waals surface area (Å²) in [6.07, 6.45) is 0. The second-order valence-corrected chi connectivity index (χ2v) is 12.6. The van der Waals surface area contributed by atoms with Crippen molar-refractivity contribution in [2.24, 2.45) is 0 Å². The highest BCUT2D eigenvalue weighted by atomic mass is 16.6. The van der Waals surface area contributed by atoms with Crippen LogP contribution in [0.15, 0.2) is 97.1 Å². The van der Waals surface area contributed by atoms with Crippen molar-refractivity contribution >= 4 is 17.6 Å². The predicted octanol–water partition coefficient (Wildman–Crippen LogP) is 7.16. The van der Waals surface area contributed by atoms with Gasteiger partial charge in [0.1, 0.15) is 30.3 Å². The quantitative estimate of drug-likeness (QED) is 0.166. The van der Waals surface area contributed by atoms with Crippen molar-refractivity contribution < 1.29 is 23.8 Å². The van der Waals surface area contributed by atoms with Gasteiger partial charge in [-0.25, -0.2) is 4.79 Å². The Labute approximate surface area is 278 Å². The molecule has 1 amide bonds. The Morgan fingerprint density at radius 3 is 2.11 bits per heavy atom. The first-order valence-electron chi connectivity index (χ1n) is 16.3. The highest BCUT2D eigenvalue weighted by Crippen LogP contribution is 2.30. The highest BCUT2D eigenvalue weighted by molar-refractivity contribution is 6.10. The molecule has 0 aliphatic carbocycles. The summed E-state index contributed by atoms with van der Waals surface area (Å²) in [5.74, 6) is 0.0290. The Bertz CT molecular complexity index is 1630. The Kier molecular flexibility index (Phi) is 11.3. The summed E-state index contributed by atoms with van der Waals surface area (Å²) in [4.78, 5) is 32.2. The van der Waals surface area contributed by atoms with Gasteiger partial charge in [0.15, 0.2) is 0 Å². The molecule has 1 saturated heterocycles. The fourth-order valence-electron chi connectivity index (χ4n) is 5.42. The lowest BCUT2D eigenvalue weighted by molar-refractivity contribution is 0.00707. The van der Waals surface area contributed by atoms with Crippen LogP contribution in [0.1, 0.15) is 54.0 Å². The Hall–Kier alpha value is -4.66. The minimum absolute atomic E-state index is 0.260. The first-order valence-corrected chi connectivity index (χ1v) is 16.3. The normalized spacial score (nSPS) is 14.0. The van der Waals surface area contributed by atoms with Crippen LogP contribution in [0, 0.1) is 0 Å². The van der Waals surface area contributed by atoms with Gasteiger partial charge in [-0.15, -0.1) is 0 Å². The third-order valence-electron chi connectivity index (χ3n) is 8.01. The van der Waals surface area contributed by atoms with Crippen molar-refractivity contribution in [3.05, 3.63) is 114 Å². The number of amides is 1. The molecule has 0 bridgehead atoms. The summed E-state index contributed by atoms with van der Waals surface area (Å²) in [6, 6.07) is 30.2. The van der Waals surface area contributed by atoms with E-state index in [4.69, 9.17) is 14.2 Å². The van der Waals surface area contributed by atoms with E-state index in [1.54, 1.807) is 24.3 Å². The number of nitrogens with zero attached hydrogens (tertiary/aromatic N) is 2. The van der Waals surface area contributed by atoms with Gasteiger partial charge in [0.2, 0.25) is 0 Å². The Morgan fingerprint density at radius 1 is 0.745 bits per heavy atom. The van der Waals surface area contributed by atoms with Gasteiger partial charge in [-0.1, -0.05) is 73.7 Å². The van der Waals surface area contributed by atoms with Crippen molar-refractivity contribution in [1.29, 1.82) is 0 Å². The summed E-state index contributed by atoms with van der Waals surface area (Å²) in [7, 11) is 0. The van der Waals surface area contributed by atoms with Gasteiger partial charge in [0.25, 0.3) is 5.91 Å². The molecule has 0 saturated carbocycles. The summed E-state index contributed by atoms with van der Waals surface area (Å²) in [5.41, 5.74) is 2.99. The van der Waals surface area contributed by atoms with Crippen molar-refractivity contribution in [1.82, 2.24) is 9.80 Å². The number of carbonyl (C=O) groups is 2. The van der Waals surface area contributed by atoms with Crippen LogP contribution in [0.2, 0.25) is 0 Å². The number of nitrogens with one attached hydrogen (secondary N) is 1. The molecule has 8 heteroatoms. The molecule has 47 heavy (non-hydrogen) atoms. The van der Waals surface area contributed by atoms with Gasteiger partial charge in [0.05, 0.1) is 16.8 Å². The van der Waals surface area contributed by atoms with Crippen molar-refractivity contribution in [2.45, 2.75) is 39.9 Å². The average Bonchev–Trinajstić information content (AvgIpc) is 3.08. The molecule has 8 nitrogen and oxygen atoms in total.